The number of nitrogens with one attached hydrogen (secondary N) is 1. The maximum atomic E-state index is 4.88. The van der Waals surface area contributed by atoms with Crippen LogP contribution in [-0.2, 0) is 0 Å². The summed E-state index contributed by atoms with van der Waals surface area (Å²) in [6.07, 6.45) is 5.06. The summed E-state index contributed by atoms with van der Waals surface area (Å²) in [5.74, 6) is 3.86. The lowest BCUT2D eigenvalue weighted by molar-refractivity contribution is 0.719. The normalized spacial score (nSPS) is 22.9. The van der Waals surface area contributed by atoms with Crippen LogP contribution in [0.3, 0.4) is 0 Å². The SMILES string of the molecule is CCNc1nc(C2CC2)nc(N2CCCC2C)c1C. The molecule has 1 aromatic heterocycles. The zero-order chi connectivity index (χ0) is 13.4. The third kappa shape index (κ3) is 2.40. The Hall–Kier alpha value is -1.32. The summed E-state index contributed by atoms with van der Waals surface area (Å²) in [5, 5.41) is 3.40. The van der Waals surface area contributed by atoms with E-state index in [4.69, 9.17) is 9.97 Å². The van der Waals surface area contributed by atoms with Crippen LogP contribution in [0.1, 0.15) is 56.8 Å². The van der Waals surface area contributed by atoms with Crippen molar-refractivity contribution in [2.24, 2.45) is 0 Å². The van der Waals surface area contributed by atoms with Crippen molar-refractivity contribution in [3.8, 4) is 0 Å². The summed E-state index contributed by atoms with van der Waals surface area (Å²) in [6.45, 7) is 8.62. The molecule has 2 heterocycles. The van der Waals surface area contributed by atoms with Gasteiger partial charge in [-0.2, -0.15) is 0 Å². The van der Waals surface area contributed by atoms with Crippen LogP contribution in [0, 0.1) is 6.92 Å². The van der Waals surface area contributed by atoms with E-state index in [1.165, 1.54) is 31.2 Å². The molecule has 1 atom stereocenters. The molecule has 2 aliphatic rings. The first-order valence-electron chi connectivity index (χ1n) is 7.59. The van der Waals surface area contributed by atoms with Crippen LogP contribution < -0.4 is 10.2 Å². The van der Waals surface area contributed by atoms with Crippen molar-refractivity contribution in [2.45, 2.75) is 58.4 Å². The number of hydrogen-bond donors (Lipinski definition) is 1. The van der Waals surface area contributed by atoms with Gasteiger partial charge in [0.15, 0.2) is 0 Å². The smallest absolute Gasteiger partial charge is 0.137 e. The highest BCUT2D eigenvalue weighted by molar-refractivity contribution is 5.59. The Labute approximate surface area is 115 Å². The third-order valence-corrected chi connectivity index (χ3v) is 4.25. The zero-order valence-electron chi connectivity index (χ0n) is 12.2. The summed E-state index contributed by atoms with van der Waals surface area (Å²) in [6, 6.07) is 0.607. The minimum absolute atomic E-state index is 0.606. The highest BCUT2D eigenvalue weighted by atomic mass is 15.2. The molecule has 4 heteroatoms. The fourth-order valence-corrected chi connectivity index (χ4v) is 2.91. The highest BCUT2D eigenvalue weighted by Crippen LogP contribution is 2.40. The molecule has 1 saturated heterocycles. The minimum atomic E-state index is 0.606. The molecule has 2 fully saturated rings. The lowest BCUT2D eigenvalue weighted by Gasteiger charge is -2.26. The molecule has 1 aliphatic heterocycles. The Bertz CT molecular complexity index is 467. The Balaban J connectivity index is 2.00. The van der Waals surface area contributed by atoms with Gasteiger partial charge < -0.3 is 10.2 Å². The maximum absolute atomic E-state index is 4.88. The van der Waals surface area contributed by atoms with Gasteiger partial charge in [-0.25, -0.2) is 9.97 Å². The number of nitrogens with zero attached hydrogens (tertiary/aromatic N) is 3. The third-order valence-electron chi connectivity index (χ3n) is 4.25. The van der Waals surface area contributed by atoms with Gasteiger partial charge in [-0.05, 0) is 46.5 Å². The van der Waals surface area contributed by atoms with E-state index in [1.807, 2.05) is 0 Å². The van der Waals surface area contributed by atoms with Gasteiger partial charge in [-0.1, -0.05) is 0 Å². The van der Waals surface area contributed by atoms with Gasteiger partial charge in [0.2, 0.25) is 0 Å². The largest absolute Gasteiger partial charge is 0.370 e. The Morgan fingerprint density at radius 3 is 2.63 bits per heavy atom. The molecule has 4 nitrogen and oxygen atoms in total. The molecule has 0 radical (unpaired) electrons. The zero-order valence-corrected chi connectivity index (χ0v) is 12.2. The van der Waals surface area contributed by atoms with E-state index in [0.29, 0.717) is 12.0 Å². The lowest BCUT2D eigenvalue weighted by atomic mass is 10.2. The van der Waals surface area contributed by atoms with Gasteiger partial charge in [-0.15, -0.1) is 0 Å². The van der Waals surface area contributed by atoms with E-state index < -0.39 is 0 Å². The number of rotatable bonds is 4. The summed E-state index contributed by atoms with van der Waals surface area (Å²) in [4.78, 5) is 12.1. The first-order chi connectivity index (χ1) is 9.20. The maximum Gasteiger partial charge on any atom is 0.137 e. The molecule has 1 saturated carbocycles. The van der Waals surface area contributed by atoms with Crippen molar-refractivity contribution in [1.82, 2.24) is 9.97 Å². The van der Waals surface area contributed by atoms with Gasteiger partial charge >= 0.3 is 0 Å². The molecular formula is C15H24N4. The standard InChI is InChI=1S/C15H24N4/c1-4-16-13-11(3)15(19-9-5-6-10(19)2)18-14(17-13)12-7-8-12/h10,12H,4-9H2,1-3H3,(H,16,17,18). The van der Waals surface area contributed by atoms with Crippen LogP contribution >= 0.6 is 0 Å². The second kappa shape index (κ2) is 4.99. The van der Waals surface area contributed by atoms with Crippen LogP contribution in [0.15, 0.2) is 0 Å². The average molecular weight is 260 g/mol. The fraction of sp³-hybridized carbons (Fsp3) is 0.733. The minimum Gasteiger partial charge on any atom is -0.370 e. The molecule has 0 amide bonds. The van der Waals surface area contributed by atoms with Crippen molar-refractivity contribution in [1.29, 1.82) is 0 Å². The molecular weight excluding hydrogens is 236 g/mol. The number of aromatic nitrogens is 2. The summed E-state index contributed by atoms with van der Waals surface area (Å²) in [7, 11) is 0. The van der Waals surface area contributed by atoms with Gasteiger partial charge in [0.05, 0.1) is 0 Å². The molecule has 0 aromatic carbocycles. The van der Waals surface area contributed by atoms with E-state index >= 15 is 0 Å². The quantitative estimate of drug-likeness (QED) is 0.903. The van der Waals surface area contributed by atoms with Gasteiger partial charge in [-0.3, -0.25) is 0 Å². The average Bonchev–Trinajstić information content (AvgIpc) is 3.15. The fourth-order valence-electron chi connectivity index (χ4n) is 2.91. The van der Waals surface area contributed by atoms with Gasteiger partial charge in [0.25, 0.3) is 0 Å². The van der Waals surface area contributed by atoms with Crippen LogP contribution in [0.2, 0.25) is 0 Å². The lowest BCUT2D eigenvalue weighted by Crippen LogP contribution is -2.29. The van der Waals surface area contributed by atoms with Crippen molar-refractivity contribution < 1.29 is 0 Å². The van der Waals surface area contributed by atoms with E-state index in [0.717, 1.165) is 30.5 Å². The molecule has 19 heavy (non-hydrogen) atoms. The summed E-state index contributed by atoms with van der Waals surface area (Å²) in [5.41, 5.74) is 1.21. The van der Waals surface area contributed by atoms with E-state index in [9.17, 15) is 0 Å². The highest BCUT2D eigenvalue weighted by Gasteiger charge is 2.30. The second-order valence-corrected chi connectivity index (χ2v) is 5.87. The molecule has 1 unspecified atom stereocenters. The predicted molar refractivity (Wildman–Crippen MR) is 78.9 cm³/mol. The Kier molecular flexibility index (Phi) is 3.33. The predicted octanol–water partition coefficient (Wildman–Crippen LogP) is 3.08. The first-order valence-corrected chi connectivity index (χ1v) is 7.59. The first kappa shape index (κ1) is 12.7. The molecule has 0 bridgehead atoms. The van der Waals surface area contributed by atoms with Crippen molar-refractivity contribution >= 4 is 11.6 Å². The van der Waals surface area contributed by atoms with E-state index in [1.54, 1.807) is 0 Å². The second-order valence-electron chi connectivity index (χ2n) is 5.87. The number of anilines is 2. The molecule has 1 aliphatic carbocycles. The molecule has 1 N–H and O–H groups in total. The van der Waals surface area contributed by atoms with Crippen molar-refractivity contribution in [3.05, 3.63) is 11.4 Å². The van der Waals surface area contributed by atoms with Crippen LogP contribution in [0.5, 0.6) is 0 Å². The van der Waals surface area contributed by atoms with Gasteiger partial charge in [0, 0.05) is 30.6 Å². The van der Waals surface area contributed by atoms with E-state index in [2.05, 4.69) is 31.0 Å². The summed E-state index contributed by atoms with van der Waals surface area (Å²) < 4.78 is 0. The van der Waals surface area contributed by atoms with Crippen LogP contribution in [0.25, 0.3) is 0 Å². The Morgan fingerprint density at radius 1 is 1.26 bits per heavy atom. The monoisotopic (exact) mass is 260 g/mol. The van der Waals surface area contributed by atoms with Crippen LogP contribution in [-0.4, -0.2) is 29.1 Å². The van der Waals surface area contributed by atoms with Crippen molar-refractivity contribution in [3.63, 3.8) is 0 Å². The van der Waals surface area contributed by atoms with E-state index in [-0.39, 0.29) is 0 Å². The van der Waals surface area contributed by atoms with Crippen molar-refractivity contribution in [2.75, 3.05) is 23.3 Å². The summed E-state index contributed by atoms with van der Waals surface area (Å²) >= 11 is 0. The van der Waals surface area contributed by atoms with Gasteiger partial charge in [0.1, 0.15) is 17.5 Å². The number of hydrogen-bond acceptors (Lipinski definition) is 4. The van der Waals surface area contributed by atoms with Crippen LogP contribution in [0.4, 0.5) is 11.6 Å². The topological polar surface area (TPSA) is 41.1 Å². The molecule has 104 valence electrons. The Morgan fingerprint density at radius 2 is 2.05 bits per heavy atom. The molecule has 0 spiro atoms. The molecule has 3 rings (SSSR count). The molecule has 1 aromatic rings.